The molecular weight excluding hydrogens is 256 g/mol. The Morgan fingerprint density at radius 2 is 1.84 bits per heavy atom. The van der Waals surface area contributed by atoms with Crippen molar-refractivity contribution in [2.45, 2.75) is 16.7 Å². The molecule has 1 amide bonds. The predicted octanol–water partition coefficient (Wildman–Crippen LogP) is 3.09. The van der Waals surface area contributed by atoms with Gasteiger partial charge in [-0.2, -0.15) is 0 Å². The molecule has 98 valence electrons. The first-order chi connectivity index (χ1) is 9.10. The van der Waals surface area contributed by atoms with Gasteiger partial charge < -0.3 is 11.1 Å². The van der Waals surface area contributed by atoms with E-state index < -0.39 is 0 Å². The van der Waals surface area contributed by atoms with Gasteiger partial charge in [-0.25, -0.2) is 0 Å². The number of hydrogen-bond acceptors (Lipinski definition) is 3. The van der Waals surface area contributed by atoms with Crippen LogP contribution in [0.4, 0.5) is 5.69 Å². The van der Waals surface area contributed by atoms with Crippen LogP contribution in [0.15, 0.2) is 52.3 Å². The molecule has 0 fully saturated rings. The van der Waals surface area contributed by atoms with Gasteiger partial charge >= 0.3 is 0 Å². The molecule has 0 aliphatic carbocycles. The zero-order valence-electron chi connectivity index (χ0n) is 10.9. The summed E-state index contributed by atoms with van der Waals surface area (Å²) in [7, 11) is 1.62. The van der Waals surface area contributed by atoms with Gasteiger partial charge in [0.2, 0.25) is 0 Å². The number of amides is 1. The van der Waals surface area contributed by atoms with E-state index in [1.54, 1.807) is 18.8 Å². The molecule has 0 saturated heterocycles. The fraction of sp³-hybridized carbons (Fsp3) is 0.133. The number of aryl methyl sites for hydroxylation is 1. The van der Waals surface area contributed by atoms with Crippen molar-refractivity contribution >= 4 is 23.4 Å². The van der Waals surface area contributed by atoms with E-state index in [-0.39, 0.29) is 5.91 Å². The minimum absolute atomic E-state index is 0.0774. The number of nitrogen functional groups attached to an aromatic ring is 1. The Morgan fingerprint density at radius 1 is 1.16 bits per heavy atom. The number of carbonyl (C=O) groups excluding carboxylic acids is 1. The van der Waals surface area contributed by atoms with E-state index in [0.29, 0.717) is 5.56 Å². The van der Waals surface area contributed by atoms with Gasteiger partial charge in [0.05, 0.1) is 0 Å². The van der Waals surface area contributed by atoms with Crippen molar-refractivity contribution in [3.05, 3.63) is 53.6 Å². The number of carbonyl (C=O) groups is 1. The molecule has 0 aliphatic rings. The van der Waals surface area contributed by atoms with E-state index in [0.717, 1.165) is 21.0 Å². The number of rotatable bonds is 3. The van der Waals surface area contributed by atoms with E-state index in [1.807, 2.05) is 49.4 Å². The second-order valence-electron chi connectivity index (χ2n) is 4.25. The van der Waals surface area contributed by atoms with Crippen molar-refractivity contribution in [2.24, 2.45) is 0 Å². The summed E-state index contributed by atoms with van der Waals surface area (Å²) in [5.74, 6) is -0.0774. The Kier molecular flexibility index (Phi) is 4.12. The topological polar surface area (TPSA) is 55.1 Å². The summed E-state index contributed by atoms with van der Waals surface area (Å²) < 4.78 is 0. The maximum atomic E-state index is 11.4. The third-order valence-electron chi connectivity index (χ3n) is 2.74. The molecule has 0 spiro atoms. The van der Waals surface area contributed by atoms with Gasteiger partial charge in [0.25, 0.3) is 5.91 Å². The summed E-state index contributed by atoms with van der Waals surface area (Å²) in [4.78, 5) is 13.5. The standard InChI is InChI=1S/C15H16N2OS/c1-10-3-8-14(13(16)9-10)19-12-6-4-11(5-7-12)15(18)17-2/h3-9H,16H2,1-2H3,(H,17,18). The molecule has 0 atom stereocenters. The first-order valence-electron chi connectivity index (χ1n) is 5.96. The number of nitrogens with one attached hydrogen (secondary N) is 1. The lowest BCUT2D eigenvalue weighted by molar-refractivity contribution is 0.0963. The van der Waals surface area contributed by atoms with E-state index in [9.17, 15) is 4.79 Å². The van der Waals surface area contributed by atoms with Gasteiger partial charge in [0.1, 0.15) is 0 Å². The fourth-order valence-corrected chi connectivity index (χ4v) is 2.55. The summed E-state index contributed by atoms with van der Waals surface area (Å²) in [6, 6.07) is 13.5. The van der Waals surface area contributed by atoms with E-state index in [1.165, 1.54) is 0 Å². The highest BCUT2D eigenvalue weighted by Gasteiger charge is 2.05. The smallest absolute Gasteiger partial charge is 0.251 e. The monoisotopic (exact) mass is 272 g/mol. The predicted molar refractivity (Wildman–Crippen MR) is 79.5 cm³/mol. The van der Waals surface area contributed by atoms with Crippen LogP contribution in [0.1, 0.15) is 15.9 Å². The van der Waals surface area contributed by atoms with Gasteiger partial charge in [-0.15, -0.1) is 0 Å². The molecule has 0 saturated carbocycles. The molecule has 0 aliphatic heterocycles. The van der Waals surface area contributed by atoms with Crippen LogP contribution >= 0.6 is 11.8 Å². The lowest BCUT2D eigenvalue weighted by Gasteiger charge is -2.07. The fourth-order valence-electron chi connectivity index (χ4n) is 1.71. The first kappa shape index (κ1) is 13.5. The third kappa shape index (κ3) is 3.29. The van der Waals surface area contributed by atoms with E-state index in [4.69, 9.17) is 5.73 Å². The minimum Gasteiger partial charge on any atom is -0.398 e. The van der Waals surface area contributed by atoms with Crippen molar-refractivity contribution in [1.29, 1.82) is 0 Å². The number of hydrogen-bond donors (Lipinski definition) is 2. The van der Waals surface area contributed by atoms with Crippen LogP contribution in [0.5, 0.6) is 0 Å². The Balaban J connectivity index is 2.17. The van der Waals surface area contributed by atoms with Crippen LogP contribution < -0.4 is 11.1 Å². The molecule has 0 radical (unpaired) electrons. The Labute approximate surface area is 117 Å². The van der Waals surface area contributed by atoms with Crippen LogP contribution in [0.2, 0.25) is 0 Å². The lowest BCUT2D eigenvalue weighted by atomic mass is 10.2. The number of benzene rings is 2. The average Bonchev–Trinajstić information content (AvgIpc) is 2.42. The van der Waals surface area contributed by atoms with E-state index in [2.05, 4.69) is 5.32 Å². The van der Waals surface area contributed by atoms with Crippen LogP contribution in [-0.4, -0.2) is 13.0 Å². The van der Waals surface area contributed by atoms with Crippen LogP contribution in [0.25, 0.3) is 0 Å². The van der Waals surface area contributed by atoms with Gasteiger partial charge in [-0.3, -0.25) is 4.79 Å². The Morgan fingerprint density at radius 3 is 2.42 bits per heavy atom. The third-order valence-corrected chi connectivity index (χ3v) is 3.84. The Hall–Kier alpha value is -1.94. The maximum Gasteiger partial charge on any atom is 0.251 e. The lowest BCUT2D eigenvalue weighted by Crippen LogP contribution is -2.17. The summed E-state index contributed by atoms with van der Waals surface area (Å²) in [5.41, 5.74) is 8.57. The van der Waals surface area contributed by atoms with Crippen molar-refractivity contribution in [2.75, 3.05) is 12.8 Å². The number of anilines is 1. The van der Waals surface area contributed by atoms with Crippen LogP contribution in [-0.2, 0) is 0 Å². The normalized spacial score (nSPS) is 10.2. The second-order valence-corrected chi connectivity index (χ2v) is 5.36. The Bertz CT molecular complexity index is 594. The molecule has 0 bridgehead atoms. The van der Waals surface area contributed by atoms with Crippen molar-refractivity contribution in [3.63, 3.8) is 0 Å². The highest BCUT2D eigenvalue weighted by atomic mass is 32.2. The van der Waals surface area contributed by atoms with E-state index >= 15 is 0 Å². The molecule has 4 heteroatoms. The highest BCUT2D eigenvalue weighted by Crippen LogP contribution is 2.32. The molecule has 3 nitrogen and oxygen atoms in total. The zero-order chi connectivity index (χ0) is 13.8. The van der Waals surface area contributed by atoms with Gasteiger partial charge in [0.15, 0.2) is 0 Å². The number of nitrogens with two attached hydrogens (primary N) is 1. The zero-order valence-corrected chi connectivity index (χ0v) is 11.8. The summed E-state index contributed by atoms with van der Waals surface area (Å²) in [5, 5.41) is 2.60. The molecule has 2 rings (SSSR count). The quantitative estimate of drug-likeness (QED) is 0.844. The summed E-state index contributed by atoms with van der Waals surface area (Å²) in [6.45, 7) is 2.02. The molecule has 0 aromatic heterocycles. The molecule has 3 N–H and O–H groups in total. The van der Waals surface area contributed by atoms with Gasteiger partial charge in [0, 0.05) is 28.1 Å². The maximum absolute atomic E-state index is 11.4. The molecule has 19 heavy (non-hydrogen) atoms. The molecule has 0 heterocycles. The van der Waals surface area contributed by atoms with Crippen molar-refractivity contribution in [3.8, 4) is 0 Å². The van der Waals surface area contributed by atoms with Crippen molar-refractivity contribution < 1.29 is 4.79 Å². The van der Waals surface area contributed by atoms with Crippen molar-refractivity contribution in [1.82, 2.24) is 5.32 Å². The van der Waals surface area contributed by atoms with Gasteiger partial charge in [-0.05, 0) is 48.9 Å². The summed E-state index contributed by atoms with van der Waals surface area (Å²) >= 11 is 1.59. The average molecular weight is 272 g/mol. The largest absolute Gasteiger partial charge is 0.398 e. The molecular formula is C15H16N2OS. The minimum atomic E-state index is -0.0774. The van der Waals surface area contributed by atoms with Gasteiger partial charge in [-0.1, -0.05) is 17.8 Å². The first-order valence-corrected chi connectivity index (χ1v) is 6.78. The molecule has 2 aromatic rings. The SMILES string of the molecule is CNC(=O)c1ccc(Sc2ccc(C)cc2N)cc1. The van der Waals surface area contributed by atoms with Crippen LogP contribution in [0.3, 0.4) is 0 Å². The molecule has 2 aromatic carbocycles. The molecule has 0 unspecified atom stereocenters. The summed E-state index contributed by atoms with van der Waals surface area (Å²) in [6.07, 6.45) is 0. The van der Waals surface area contributed by atoms with Crippen LogP contribution in [0, 0.1) is 6.92 Å². The highest BCUT2D eigenvalue weighted by molar-refractivity contribution is 7.99. The second kappa shape index (κ2) is 5.80.